The van der Waals surface area contributed by atoms with Gasteiger partial charge in [0, 0.05) is 0 Å². The summed E-state index contributed by atoms with van der Waals surface area (Å²) in [5.74, 6) is -0.135. The van der Waals surface area contributed by atoms with Crippen molar-refractivity contribution in [3.8, 4) is 0 Å². The summed E-state index contributed by atoms with van der Waals surface area (Å²) in [6.45, 7) is 2.22. The lowest BCUT2D eigenvalue weighted by Gasteiger charge is -2.19. The Morgan fingerprint density at radius 3 is 2.82 bits per heavy atom. The van der Waals surface area contributed by atoms with Crippen molar-refractivity contribution >= 4 is 23.3 Å². The van der Waals surface area contributed by atoms with E-state index in [0.29, 0.717) is 6.61 Å². The van der Waals surface area contributed by atoms with E-state index in [0.717, 1.165) is 5.56 Å². The Morgan fingerprint density at radius 1 is 1.47 bits per heavy atom. The molecule has 1 aromatic rings. The average molecular weight is 247 g/mol. The van der Waals surface area contributed by atoms with Crippen molar-refractivity contribution in [3.63, 3.8) is 0 Å². The molecule has 0 N–H and O–H groups in total. The molecule has 2 rings (SSSR count). The first kappa shape index (κ1) is 11.8. The van der Waals surface area contributed by atoms with E-state index < -0.39 is 0 Å². The number of nitrogens with zero attached hydrogens (tertiary/aromatic N) is 1. The highest BCUT2D eigenvalue weighted by atomic mass is 32.1. The second-order valence-electron chi connectivity index (χ2n) is 3.71. The van der Waals surface area contributed by atoms with Crippen LogP contribution in [-0.4, -0.2) is 22.6 Å². The molecule has 1 aromatic carbocycles. The molecule has 1 atom stereocenters. The van der Waals surface area contributed by atoms with Crippen LogP contribution in [0.25, 0.3) is 0 Å². The van der Waals surface area contributed by atoms with Gasteiger partial charge in [-0.15, -0.1) is 0 Å². The Kier molecular flexibility index (Phi) is 3.54. The molecule has 0 unspecified atom stereocenters. The third-order valence-corrected chi connectivity index (χ3v) is 2.92. The van der Waals surface area contributed by atoms with Gasteiger partial charge in [0.2, 0.25) is 0 Å². The van der Waals surface area contributed by atoms with Crippen LogP contribution in [0.3, 0.4) is 0 Å². The quantitative estimate of drug-likeness (QED) is 0.594. The van der Waals surface area contributed by atoms with Crippen LogP contribution in [0.1, 0.15) is 18.5 Å². The molecule has 88 valence electrons. The molecule has 1 fully saturated rings. The standard InChI is InChI=1S/C13H13NO2S/c1-2-6-12(15)14-11(9-16-13(14)17)10-7-4-3-5-8-10/h2-8,11H,9H2,1H3/b6-2+/t11-/m0/s1. The maximum Gasteiger partial charge on any atom is 0.267 e. The third-order valence-electron chi connectivity index (χ3n) is 2.60. The summed E-state index contributed by atoms with van der Waals surface area (Å²) in [6, 6.07) is 9.64. The van der Waals surface area contributed by atoms with Gasteiger partial charge in [0.15, 0.2) is 0 Å². The van der Waals surface area contributed by atoms with Gasteiger partial charge in [-0.3, -0.25) is 9.69 Å². The van der Waals surface area contributed by atoms with E-state index in [1.807, 2.05) is 30.3 Å². The summed E-state index contributed by atoms with van der Waals surface area (Å²) >= 11 is 5.06. The summed E-state index contributed by atoms with van der Waals surface area (Å²) in [7, 11) is 0. The molecule has 0 aliphatic carbocycles. The van der Waals surface area contributed by atoms with Crippen molar-refractivity contribution in [1.29, 1.82) is 0 Å². The molecule has 3 nitrogen and oxygen atoms in total. The molecular formula is C13H13NO2S. The van der Waals surface area contributed by atoms with Gasteiger partial charge in [0.1, 0.15) is 12.6 Å². The van der Waals surface area contributed by atoms with Crippen molar-refractivity contribution < 1.29 is 9.53 Å². The number of amides is 1. The number of ether oxygens (including phenoxy) is 1. The second-order valence-corrected chi connectivity index (χ2v) is 4.06. The van der Waals surface area contributed by atoms with Gasteiger partial charge in [0.25, 0.3) is 11.1 Å². The molecule has 0 spiro atoms. The first-order valence-electron chi connectivity index (χ1n) is 5.41. The van der Waals surface area contributed by atoms with E-state index in [-0.39, 0.29) is 17.1 Å². The van der Waals surface area contributed by atoms with Crippen molar-refractivity contribution in [3.05, 3.63) is 48.0 Å². The highest BCUT2D eigenvalue weighted by molar-refractivity contribution is 7.80. The predicted molar refractivity (Wildman–Crippen MR) is 69.4 cm³/mol. The zero-order valence-corrected chi connectivity index (χ0v) is 10.3. The lowest BCUT2D eigenvalue weighted by Crippen LogP contribution is -2.32. The fraction of sp³-hybridized carbons (Fsp3) is 0.231. The second kappa shape index (κ2) is 5.10. The number of allylic oxidation sites excluding steroid dienone is 1. The molecule has 1 heterocycles. The van der Waals surface area contributed by atoms with E-state index in [1.54, 1.807) is 13.0 Å². The fourth-order valence-corrected chi connectivity index (χ4v) is 2.09. The Labute approximate surface area is 106 Å². The van der Waals surface area contributed by atoms with Crippen LogP contribution >= 0.6 is 12.2 Å². The Hall–Kier alpha value is -1.68. The van der Waals surface area contributed by atoms with Crippen LogP contribution in [0.5, 0.6) is 0 Å². The van der Waals surface area contributed by atoms with Gasteiger partial charge in [-0.25, -0.2) is 0 Å². The van der Waals surface area contributed by atoms with Gasteiger partial charge in [-0.2, -0.15) is 0 Å². The molecule has 1 saturated heterocycles. The Bertz CT molecular complexity index is 456. The maximum atomic E-state index is 11.9. The molecule has 0 saturated carbocycles. The van der Waals surface area contributed by atoms with Crippen molar-refractivity contribution in [2.24, 2.45) is 0 Å². The van der Waals surface area contributed by atoms with Gasteiger partial charge in [0.05, 0.1) is 0 Å². The molecular weight excluding hydrogens is 234 g/mol. The van der Waals surface area contributed by atoms with Crippen LogP contribution in [0, 0.1) is 0 Å². The van der Waals surface area contributed by atoms with Crippen LogP contribution in [0.4, 0.5) is 0 Å². The molecule has 17 heavy (non-hydrogen) atoms. The molecule has 0 bridgehead atoms. The van der Waals surface area contributed by atoms with E-state index in [2.05, 4.69) is 0 Å². The smallest absolute Gasteiger partial charge is 0.267 e. The minimum absolute atomic E-state index is 0.118. The lowest BCUT2D eigenvalue weighted by atomic mass is 10.1. The predicted octanol–water partition coefficient (Wildman–Crippen LogP) is 2.45. The number of rotatable bonds is 2. The lowest BCUT2D eigenvalue weighted by molar-refractivity contribution is -0.123. The Morgan fingerprint density at radius 2 is 2.18 bits per heavy atom. The zero-order valence-electron chi connectivity index (χ0n) is 9.50. The molecule has 1 aliphatic rings. The maximum absolute atomic E-state index is 11.9. The van der Waals surface area contributed by atoms with Crippen molar-refractivity contribution in [1.82, 2.24) is 4.90 Å². The van der Waals surface area contributed by atoms with E-state index in [1.165, 1.54) is 11.0 Å². The van der Waals surface area contributed by atoms with Crippen molar-refractivity contribution in [2.75, 3.05) is 6.61 Å². The minimum atomic E-state index is -0.135. The number of carbonyl (C=O) groups excluding carboxylic acids is 1. The largest absolute Gasteiger partial charge is 0.468 e. The SMILES string of the molecule is C/C=C/C(=O)N1C(=S)OC[C@H]1c1ccccc1. The summed E-state index contributed by atoms with van der Waals surface area (Å²) in [4.78, 5) is 13.4. The van der Waals surface area contributed by atoms with Gasteiger partial charge < -0.3 is 4.74 Å². The van der Waals surface area contributed by atoms with Crippen LogP contribution in [-0.2, 0) is 9.53 Å². The average Bonchev–Trinajstić information content (AvgIpc) is 2.73. The van der Waals surface area contributed by atoms with E-state index in [4.69, 9.17) is 17.0 Å². The summed E-state index contributed by atoms with van der Waals surface area (Å²) in [5.41, 5.74) is 1.03. The molecule has 1 aliphatic heterocycles. The van der Waals surface area contributed by atoms with Crippen LogP contribution < -0.4 is 0 Å². The van der Waals surface area contributed by atoms with Crippen molar-refractivity contribution in [2.45, 2.75) is 13.0 Å². The topological polar surface area (TPSA) is 29.5 Å². The van der Waals surface area contributed by atoms with Gasteiger partial charge >= 0.3 is 0 Å². The van der Waals surface area contributed by atoms with Crippen LogP contribution in [0.15, 0.2) is 42.5 Å². The van der Waals surface area contributed by atoms with E-state index >= 15 is 0 Å². The fourth-order valence-electron chi connectivity index (χ4n) is 1.81. The normalized spacial score (nSPS) is 19.7. The minimum Gasteiger partial charge on any atom is -0.468 e. The first-order chi connectivity index (χ1) is 8.24. The monoisotopic (exact) mass is 247 g/mol. The molecule has 0 radical (unpaired) electrons. The summed E-state index contributed by atoms with van der Waals surface area (Å²) < 4.78 is 5.30. The zero-order chi connectivity index (χ0) is 12.3. The molecule has 1 amide bonds. The van der Waals surface area contributed by atoms with E-state index in [9.17, 15) is 4.79 Å². The third kappa shape index (κ3) is 2.36. The highest BCUT2D eigenvalue weighted by Crippen LogP contribution is 2.27. The van der Waals surface area contributed by atoms with Crippen LogP contribution in [0.2, 0.25) is 0 Å². The number of thiocarbonyl (C=S) groups is 1. The number of carbonyl (C=O) groups is 1. The number of hydrogen-bond acceptors (Lipinski definition) is 3. The number of benzene rings is 1. The molecule has 4 heteroatoms. The Balaban J connectivity index is 2.28. The number of hydrogen-bond donors (Lipinski definition) is 0. The highest BCUT2D eigenvalue weighted by Gasteiger charge is 2.34. The molecule has 0 aromatic heterocycles. The first-order valence-corrected chi connectivity index (χ1v) is 5.82. The summed E-state index contributed by atoms with van der Waals surface area (Å²) in [5, 5.41) is 0.252. The van der Waals surface area contributed by atoms with Gasteiger partial charge in [-0.1, -0.05) is 36.4 Å². The summed E-state index contributed by atoms with van der Waals surface area (Å²) in [6.07, 6.45) is 3.20. The van der Waals surface area contributed by atoms with Gasteiger partial charge in [-0.05, 0) is 30.8 Å².